The van der Waals surface area contributed by atoms with E-state index in [1.54, 1.807) is 0 Å². The number of nitrogens with one attached hydrogen (secondary N) is 1. The molecule has 0 aliphatic carbocycles. The van der Waals surface area contributed by atoms with E-state index in [0.717, 1.165) is 10.7 Å². The number of nitrogens with zero attached hydrogens (tertiary/aromatic N) is 2. The number of rotatable bonds is 5. The maximum atomic E-state index is 5.99. The standard InChI is InChI=1S/C17H24ClN3/c1-11(2)17(14-6-8-15(18)9-7-14)19-12(3)16-10-21(5)20-13(16)4/h6-12,17,19H,1-5H3. The first-order valence-electron chi connectivity index (χ1n) is 7.40. The third kappa shape index (κ3) is 3.86. The van der Waals surface area contributed by atoms with Crippen LogP contribution in [0.2, 0.25) is 5.02 Å². The highest BCUT2D eigenvalue weighted by atomic mass is 35.5. The second-order valence-electron chi connectivity index (χ2n) is 6.01. The fourth-order valence-corrected chi connectivity index (χ4v) is 2.87. The topological polar surface area (TPSA) is 29.9 Å². The Kier molecular flexibility index (Phi) is 5.07. The van der Waals surface area contributed by atoms with Crippen molar-refractivity contribution in [1.82, 2.24) is 15.1 Å². The third-order valence-electron chi connectivity index (χ3n) is 3.84. The van der Waals surface area contributed by atoms with Gasteiger partial charge < -0.3 is 5.32 Å². The Bertz CT molecular complexity index is 587. The van der Waals surface area contributed by atoms with Gasteiger partial charge in [0.05, 0.1) is 5.69 Å². The smallest absolute Gasteiger partial charge is 0.0641 e. The second-order valence-corrected chi connectivity index (χ2v) is 6.44. The van der Waals surface area contributed by atoms with Crippen LogP contribution in [0.25, 0.3) is 0 Å². The van der Waals surface area contributed by atoms with Crippen molar-refractivity contribution in [2.75, 3.05) is 0 Å². The summed E-state index contributed by atoms with van der Waals surface area (Å²) in [4.78, 5) is 0. The van der Waals surface area contributed by atoms with Gasteiger partial charge in [-0.1, -0.05) is 37.6 Å². The molecule has 0 fully saturated rings. The molecule has 2 atom stereocenters. The predicted octanol–water partition coefficient (Wildman–Crippen LogP) is 4.43. The molecule has 2 rings (SSSR count). The average molecular weight is 306 g/mol. The van der Waals surface area contributed by atoms with Crippen LogP contribution in [0.3, 0.4) is 0 Å². The van der Waals surface area contributed by atoms with Crippen LogP contribution in [-0.2, 0) is 7.05 Å². The molecule has 0 aliphatic rings. The van der Waals surface area contributed by atoms with Crippen LogP contribution in [0.4, 0.5) is 0 Å². The lowest BCUT2D eigenvalue weighted by atomic mass is 9.94. The van der Waals surface area contributed by atoms with Crippen molar-refractivity contribution in [1.29, 1.82) is 0 Å². The molecule has 0 saturated carbocycles. The largest absolute Gasteiger partial charge is 0.303 e. The maximum Gasteiger partial charge on any atom is 0.0641 e. The second kappa shape index (κ2) is 6.63. The van der Waals surface area contributed by atoms with E-state index in [-0.39, 0.29) is 12.1 Å². The van der Waals surface area contributed by atoms with Gasteiger partial charge in [0, 0.05) is 35.9 Å². The van der Waals surface area contributed by atoms with Gasteiger partial charge in [-0.05, 0) is 37.5 Å². The third-order valence-corrected chi connectivity index (χ3v) is 4.10. The van der Waals surface area contributed by atoms with Crippen molar-refractivity contribution >= 4 is 11.6 Å². The number of aryl methyl sites for hydroxylation is 2. The van der Waals surface area contributed by atoms with E-state index in [2.05, 4.69) is 56.4 Å². The van der Waals surface area contributed by atoms with Crippen LogP contribution in [0, 0.1) is 12.8 Å². The lowest BCUT2D eigenvalue weighted by Gasteiger charge is -2.27. The molecule has 21 heavy (non-hydrogen) atoms. The van der Waals surface area contributed by atoms with E-state index in [9.17, 15) is 0 Å². The van der Waals surface area contributed by atoms with Crippen LogP contribution < -0.4 is 5.32 Å². The van der Waals surface area contributed by atoms with Gasteiger partial charge in [-0.2, -0.15) is 5.10 Å². The maximum absolute atomic E-state index is 5.99. The molecule has 3 nitrogen and oxygen atoms in total. The van der Waals surface area contributed by atoms with E-state index in [1.165, 1.54) is 11.1 Å². The van der Waals surface area contributed by atoms with Crippen molar-refractivity contribution < 1.29 is 0 Å². The highest BCUT2D eigenvalue weighted by molar-refractivity contribution is 6.30. The van der Waals surface area contributed by atoms with Crippen LogP contribution in [0.15, 0.2) is 30.5 Å². The summed E-state index contributed by atoms with van der Waals surface area (Å²) in [6.07, 6.45) is 2.09. The van der Waals surface area contributed by atoms with Gasteiger partial charge in [-0.15, -0.1) is 0 Å². The Labute approximate surface area is 132 Å². The molecule has 0 saturated heterocycles. The van der Waals surface area contributed by atoms with E-state index in [1.807, 2.05) is 23.9 Å². The SMILES string of the molecule is Cc1nn(C)cc1C(C)NC(c1ccc(Cl)cc1)C(C)C. The Morgan fingerprint density at radius 3 is 2.24 bits per heavy atom. The van der Waals surface area contributed by atoms with Crippen molar-refractivity contribution in [3.05, 3.63) is 52.3 Å². The molecule has 2 aromatic rings. The fourth-order valence-electron chi connectivity index (χ4n) is 2.75. The lowest BCUT2D eigenvalue weighted by molar-refractivity contribution is 0.374. The number of halogens is 1. The summed E-state index contributed by atoms with van der Waals surface area (Å²) in [7, 11) is 1.96. The van der Waals surface area contributed by atoms with Crippen molar-refractivity contribution in [2.24, 2.45) is 13.0 Å². The zero-order valence-electron chi connectivity index (χ0n) is 13.4. The minimum atomic E-state index is 0.252. The Hall–Kier alpha value is -1.32. The van der Waals surface area contributed by atoms with Gasteiger partial charge in [0.15, 0.2) is 0 Å². The molecule has 4 heteroatoms. The molecular weight excluding hydrogens is 282 g/mol. The zero-order chi connectivity index (χ0) is 15.6. The predicted molar refractivity (Wildman–Crippen MR) is 88.5 cm³/mol. The average Bonchev–Trinajstić information content (AvgIpc) is 2.76. The van der Waals surface area contributed by atoms with E-state index < -0.39 is 0 Å². The monoisotopic (exact) mass is 305 g/mol. The van der Waals surface area contributed by atoms with Crippen molar-refractivity contribution in [3.8, 4) is 0 Å². The number of hydrogen-bond donors (Lipinski definition) is 1. The molecule has 114 valence electrons. The van der Waals surface area contributed by atoms with Crippen LogP contribution in [0.5, 0.6) is 0 Å². The minimum absolute atomic E-state index is 0.252. The van der Waals surface area contributed by atoms with Crippen LogP contribution in [0.1, 0.15) is 49.7 Å². The number of benzene rings is 1. The van der Waals surface area contributed by atoms with Crippen LogP contribution >= 0.6 is 11.6 Å². The molecule has 2 unspecified atom stereocenters. The van der Waals surface area contributed by atoms with Gasteiger partial charge in [-0.25, -0.2) is 0 Å². The molecule has 1 aromatic heterocycles. The summed E-state index contributed by atoms with van der Waals surface area (Å²) in [5.41, 5.74) is 3.59. The summed E-state index contributed by atoms with van der Waals surface area (Å²) in [5, 5.41) is 8.93. The summed E-state index contributed by atoms with van der Waals surface area (Å²) in [5.74, 6) is 0.491. The number of aromatic nitrogens is 2. The molecule has 1 aromatic carbocycles. The number of hydrogen-bond acceptors (Lipinski definition) is 2. The Morgan fingerprint density at radius 1 is 1.14 bits per heavy atom. The van der Waals surface area contributed by atoms with Crippen molar-refractivity contribution in [2.45, 2.75) is 39.8 Å². The lowest BCUT2D eigenvalue weighted by Crippen LogP contribution is -2.28. The van der Waals surface area contributed by atoms with Gasteiger partial charge in [0.25, 0.3) is 0 Å². The first-order chi connectivity index (χ1) is 9.88. The van der Waals surface area contributed by atoms with Gasteiger partial charge >= 0.3 is 0 Å². The normalized spacial score (nSPS) is 14.4. The molecule has 0 bridgehead atoms. The first-order valence-corrected chi connectivity index (χ1v) is 7.78. The highest BCUT2D eigenvalue weighted by Crippen LogP contribution is 2.27. The van der Waals surface area contributed by atoms with E-state index in [4.69, 9.17) is 11.6 Å². The van der Waals surface area contributed by atoms with E-state index >= 15 is 0 Å². The fraction of sp³-hybridized carbons (Fsp3) is 0.471. The molecule has 0 aliphatic heterocycles. The Balaban J connectivity index is 2.20. The zero-order valence-corrected chi connectivity index (χ0v) is 14.1. The highest BCUT2D eigenvalue weighted by Gasteiger charge is 2.20. The molecule has 1 N–H and O–H groups in total. The molecule has 0 amide bonds. The van der Waals surface area contributed by atoms with Gasteiger partial charge in [-0.3, -0.25) is 4.68 Å². The Morgan fingerprint density at radius 2 is 1.76 bits per heavy atom. The van der Waals surface area contributed by atoms with Gasteiger partial charge in [0.2, 0.25) is 0 Å². The summed E-state index contributed by atoms with van der Waals surface area (Å²) < 4.78 is 1.87. The van der Waals surface area contributed by atoms with E-state index in [0.29, 0.717) is 5.92 Å². The molecule has 0 radical (unpaired) electrons. The molecule has 0 spiro atoms. The summed E-state index contributed by atoms with van der Waals surface area (Å²) in [6, 6.07) is 8.65. The molecular formula is C17H24ClN3. The van der Waals surface area contributed by atoms with Crippen LogP contribution in [-0.4, -0.2) is 9.78 Å². The van der Waals surface area contributed by atoms with Gasteiger partial charge in [0.1, 0.15) is 0 Å². The molecule has 1 heterocycles. The quantitative estimate of drug-likeness (QED) is 0.885. The summed E-state index contributed by atoms with van der Waals surface area (Å²) >= 11 is 5.99. The summed E-state index contributed by atoms with van der Waals surface area (Å²) in [6.45, 7) is 8.71. The minimum Gasteiger partial charge on any atom is -0.303 e. The van der Waals surface area contributed by atoms with Crippen molar-refractivity contribution in [3.63, 3.8) is 0 Å². The first kappa shape index (κ1) is 16.1.